The molecule has 0 radical (unpaired) electrons. The first-order valence-corrected chi connectivity index (χ1v) is 5.59. The van der Waals surface area contributed by atoms with Crippen molar-refractivity contribution in [1.82, 2.24) is 4.90 Å². The first-order valence-electron chi connectivity index (χ1n) is 4.71. The van der Waals surface area contributed by atoms with E-state index in [1.165, 1.54) is 11.3 Å². The number of hydrogen-bond acceptors (Lipinski definition) is 2. The summed E-state index contributed by atoms with van der Waals surface area (Å²) in [6.45, 7) is 7.14. The van der Waals surface area contributed by atoms with E-state index in [1.54, 1.807) is 11.8 Å². The minimum absolute atomic E-state index is 0.979. The lowest BCUT2D eigenvalue weighted by atomic mass is 10.1. The van der Waals surface area contributed by atoms with Crippen LogP contribution in [0.25, 0.3) is 5.70 Å². The molecule has 1 nitrogen and oxygen atoms in total. The Balaban J connectivity index is 2.32. The Labute approximate surface area is 89.1 Å². The molecule has 2 heteroatoms. The second-order valence-electron chi connectivity index (χ2n) is 3.12. The molecular weight excluding hydrogens is 190 g/mol. The zero-order chi connectivity index (χ0) is 9.97. The molecule has 14 heavy (non-hydrogen) atoms. The average Bonchev–Trinajstić information content (AvgIpc) is 2.61. The third-order valence-electron chi connectivity index (χ3n) is 2.28. The molecule has 0 spiro atoms. The van der Waals surface area contributed by atoms with Gasteiger partial charge in [0.1, 0.15) is 0 Å². The predicted molar refractivity (Wildman–Crippen MR) is 63.5 cm³/mol. The fraction of sp³-hybridized carbons (Fsp3) is 0.167. The van der Waals surface area contributed by atoms with Crippen LogP contribution in [0.1, 0.15) is 12.5 Å². The highest BCUT2D eigenvalue weighted by Crippen LogP contribution is 2.37. The molecule has 1 heterocycles. The molecule has 72 valence electrons. The van der Waals surface area contributed by atoms with Crippen molar-refractivity contribution >= 4 is 17.5 Å². The van der Waals surface area contributed by atoms with Crippen molar-refractivity contribution in [2.24, 2.45) is 0 Å². The first kappa shape index (κ1) is 9.41. The molecule has 1 aromatic carbocycles. The Morgan fingerprint density at radius 1 is 1.29 bits per heavy atom. The fourth-order valence-electron chi connectivity index (χ4n) is 1.56. The number of hydrogen-bond donors (Lipinski definition) is 0. The lowest BCUT2D eigenvalue weighted by Gasteiger charge is -2.20. The van der Waals surface area contributed by atoms with Gasteiger partial charge in [-0.05, 0) is 12.5 Å². The highest BCUT2D eigenvalue weighted by atomic mass is 32.2. The van der Waals surface area contributed by atoms with Crippen LogP contribution in [0.5, 0.6) is 0 Å². The average molecular weight is 203 g/mol. The maximum atomic E-state index is 4.02. The number of rotatable bonds is 2. The van der Waals surface area contributed by atoms with E-state index in [0.29, 0.717) is 0 Å². The molecule has 0 aliphatic carbocycles. The van der Waals surface area contributed by atoms with Crippen molar-refractivity contribution in [3.63, 3.8) is 0 Å². The number of benzene rings is 1. The molecule has 0 fully saturated rings. The summed E-state index contributed by atoms with van der Waals surface area (Å²) in [7, 11) is 0. The SMILES string of the molecule is C=C1SC=C(c2ccccc2)N1CC. The quantitative estimate of drug-likeness (QED) is 0.723. The van der Waals surface area contributed by atoms with Crippen LogP contribution in [0.3, 0.4) is 0 Å². The number of thioether (sulfide) groups is 1. The molecule has 0 amide bonds. The Morgan fingerprint density at radius 2 is 2.00 bits per heavy atom. The Bertz CT molecular complexity index is 367. The highest BCUT2D eigenvalue weighted by molar-refractivity contribution is 8.06. The molecule has 0 saturated heterocycles. The summed E-state index contributed by atoms with van der Waals surface area (Å²) in [6, 6.07) is 10.4. The molecule has 1 aromatic rings. The highest BCUT2D eigenvalue weighted by Gasteiger charge is 2.18. The van der Waals surface area contributed by atoms with Gasteiger partial charge >= 0.3 is 0 Å². The molecule has 0 N–H and O–H groups in total. The van der Waals surface area contributed by atoms with Gasteiger partial charge in [0.25, 0.3) is 0 Å². The van der Waals surface area contributed by atoms with Crippen molar-refractivity contribution in [3.05, 3.63) is 52.9 Å². The van der Waals surface area contributed by atoms with Gasteiger partial charge in [-0.3, -0.25) is 0 Å². The molecule has 2 rings (SSSR count). The topological polar surface area (TPSA) is 3.24 Å². The molecular formula is C12H13NS. The standard InChI is InChI=1S/C12H13NS/c1-3-13-10(2)14-9-12(13)11-7-5-4-6-8-11/h4-9H,2-3H2,1H3. The molecule has 1 aliphatic rings. The van der Waals surface area contributed by atoms with Crippen LogP contribution < -0.4 is 0 Å². The van der Waals surface area contributed by atoms with E-state index in [-0.39, 0.29) is 0 Å². The van der Waals surface area contributed by atoms with Gasteiger partial charge in [-0.1, -0.05) is 48.7 Å². The Kier molecular flexibility index (Phi) is 2.64. The van der Waals surface area contributed by atoms with Gasteiger partial charge < -0.3 is 4.90 Å². The van der Waals surface area contributed by atoms with Crippen molar-refractivity contribution < 1.29 is 0 Å². The summed E-state index contributed by atoms with van der Waals surface area (Å²) >= 11 is 1.70. The van der Waals surface area contributed by atoms with Crippen LogP contribution in [0.15, 0.2) is 47.3 Å². The summed E-state index contributed by atoms with van der Waals surface area (Å²) in [5.41, 5.74) is 2.53. The smallest absolute Gasteiger partial charge is 0.0722 e. The van der Waals surface area contributed by atoms with Crippen molar-refractivity contribution in [2.75, 3.05) is 6.54 Å². The fourth-order valence-corrected chi connectivity index (χ4v) is 2.43. The Morgan fingerprint density at radius 3 is 2.64 bits per heavy atom. The van der Waals surface area contributed by atoms with E-state index >= 15 is 0 Å². The molecule has 0 saturated carbocycles. The maximum absolute atomic E-state index is 4.02. The summed E-state index contributed by atoms with van der Waals surface area (Å²) in [5.74, 6) is 0. The van der Waals surface area contributed by atoms with Crippen molar-refractivity contribution in [2.45, 2.75) is 6.92 Å². The summed E-state index contributed by atoms with van der Waals surface area (Å²) in [6.07, 6.45) is 0. The van der Waals surface area contributed by atoms with Gasteiger partial charge in [0.05, 0.1) is 10.7 Å². The van der Waals surface area contributed by atoms with Gasteiger partial charge in [0.2, 0.25) is 0 Å². The van der Waals surface area contributed by atoms with Gasteiger partial charge in [0, 0.05) is 12.0 Å². The molecule has 0 bridgehead atoms. The molecule has 1 aliphatic heterocycles. The van der Waals surface area contributed by atoms with Crippen molar-refractivity contribution in [3.8, 4) is 0 Å². The lowest BCUT2D eigenvalue weighted by Crippen LogP contribution is -2.15. The van der Waals surface area contributed by atoms with Gasteiger partial charge in [0.15, 0.2) is 0 Å². The monoisotopic (exact) mass is 203 g/mol. The molecule has 0 aromatic heterocycles. The zero-order valence-corrected chi connectivity index (χ0v) is 9.05. The third-order valence-corrected chi connectivity index (χ3v) is 3.12. The van der Waals surface area contributed by atoms with Crippen LogP contribution in [0.2, 0.25) is 0 Å². The predicted octanol–water partition coefficient (Wildman–Crippen LogP) is 3.52. The van der Waals surface area contributed by atoms with E-state index in [0.717, 1.165) is 11.6 Å². The normalized spacial score (nSPS) is 15.9. The summed E-state index contributed by atoms with van der Waals surface area (Å²) in [5, 5.41) is 3.28. The minimum Gasteiger partial charge on any atom is -0.336 e. The molecule has 0 atom stereocenters. The zero-order valence-electron chi connectivity index (χ0n) is 8.23. The van der Waals surface area contributed by atoms with Gasteiger partial charge in [-0.15, -0.1) is 0 Å². The second kappa shape index (κ2) is 3.93. The first-order chi connectivity index (χ1) is 6.83. The maximum Gasteiger partial charge on any atom is 0.0722 e. The van der Waals surface area contributed by atoms with Gasteiger partial charge in [-0.25, -0.2) is 0 Å². The van der Waals surface area contributed by atoms with Crippen LogP contribution >= 0.6 is 11.8 Å². The van der Waals surface area contributed by atoms with Crippen LogP contribution in [0, 0.1) is 0 Å². The number of nitrogens with zero attached hydrogens (tertiary/aromatic N) is 1. The largest absolute Gasteiger partial charge is 0.336 e. The summed E-state index contributed by atoms with van der Waals surface area (Å²) in [4.78, 5) is 2.24. The van der Waals surface area contributed by atoms with Crippen LogP contribution in [-0.2, 0) is 0 Å². The lowest BCUT2D eigenvalue weighted by molar-refractivity contribution is 0.558. The Hall–Kier alpha value is -1.15. The van der Waals surface area contributed by atoms with E-state index in [2.05, 4.69) is 48.1 Å². The van der Waals surface area contributed by atoms with E-state index in [4.69, 9.17) is 0 Å². The van der Waals surface area contributed by atoms with E-state index < -0.39 is 0 Å². The van der Waals surface area contributed by atoms with Crippen LogP contribution in [0.4, 0.5) is 0 Å². The van der Waals surface area contributed by atoms with Gasteiger partial charge in [-0.2, -0.15) is 0 Å². The molecule has 0 unspecified atom stereocenters. The van der Waals surface area contributed by atoms with E-state index in [9.17, 15) is 0 Å². The second-order valence-corrected chi connectivity index (χ2v) is 4.07. The summed E-state index contributed by atoms with van der Waals surface area (Å²) < 4.78 is 0. The minimum atomic E-state index is 0.979. The van der Waals surface area contributed by atoms with Crippen molar-refractivity contribution in [1.29, 1.82) is 0 Å². The van der Waals surface area contributed by atoms with Crippen LogP contribution in [-0.4, -0.2) is 11.4 Å². The third kappa shape index (κ3) is 1.58. The van der Waals surface area contributed by atoms with E-state index in [1.807, 2.05) is 6.07 Å².